The number of hydrogen-bond acceptors (Lipinski definition) is 4. The van der Waals surface area contributed by atoms with Crippen LogP contribution in [0.4, 0.5) is 45.0 Å². The lowest BCUT2D eigenvalue weighted by molar-refractivity contribution is -0.137. The molecule has 0 atom stereocenters. The number of aryl methyl sites for hydroxylation is 1. The van der Waals surface area contributed by atoms with Crippen LogP contribution in [0.2, 0.25) is 0 Å². The van der Waals surface area contributed by atoms with Crippen molar-refractivity contribution in [3.63, 3.8) is 0 Å². The van der Waals surface area contributed by atoms with Gasteiger partial charge in [0.2, 0.25) is 0 Å². The highest BCUT2D eigenvalue weighted by Crippen LogP contribution is 2.30. The molecule has 1 aromatic heterocycles. The smallest absolute Gasteiger partial charge is 0.340 e. The zero-order chi connectivity index (χ0) is 19.6. The van der Waals surface area contributed by atoms with E-state index in [1.807, 2.05) is 0 Å². The van der Waals surface area contributed by atoms with Crippen LogP contribution in [0.5, 0.6) is 0 Å². The summed E-state index contributed by atoms with van der Waals surface area (Å²) in [6, 6.07) is 9.27. The first kappa shape index (κ1) is 18.6. The number of aromatic nitrogens is 2. The van der Waals surface area contributed by atoms with Gasteiger partial charge in [-0.1, -0.05) is 0 Å². The molecule has 0 unspecified atom stereocenters. The molecule has 2 aromatic carbocycles. The van der Waals surface area contributed by atoms with Crippen molar-refractivity contribution in [3.8, 4) is 0 Å². The van der Waals surface area contributed by atoms with Crippen LogP contribution in [0.3, 0.4) is 0 Å². The van der Waals surface area contributed by atoms with Crippen LogP contribution in [0.25, 0.3) is 0 Å². The molecule has 9 heteroatoms. The Bertz CT molecular complexity index is 955. The van der Waals surface area contributed by atoms with Crippen LogP contribution >= 0.6 is 0 Å². The van der Waals surface area contributed by atoms with E-state index in [-0.39, 0.29) is 5.69 Å². The first-order chi connectivity index (χ1) is 12.7. The summed E-state index contributed by atoms with van der Waals surface area (Å²) in [4.78, 5) is 8.30. The zero-order valence-corrected chi connectivity index (χ0v) is 13.9. The number of benzene rings is 2. The highest BCUT2D eigenvalue weighted by Gasteiger charge is 2.29. The van der Waals surface area contributed by atoms with E-state index in [0.717, 1.165) is 24.3 Å². The minimum Gasteiger partial charge on any atom is -0.340 e. The zero-order valence-electron chi connectivity index (χ0n) is 13.9. The second kappa shape index (κ2) is 7.18. The predicted octanol–water partition coefficient (Wildman–Crippen LogP) is 5.57. The number of hydrogen-bond donors (Lipinski definition) is 2. The maximum Gasteiger partial charge on any atom is 0.416 e. The summed E-state index contributed by atoms with van der Waals surface area (Å²) in [6.07, 6.45) is -4.41. The van der Waals surface area contributed by atoms with Gasteiger partial charge < -0.3 is 10.6 Å². The second-order valence-corrected chi connectivity index (χ2v) is 5.64. The lowest BCUT2D eigenvalue weighted by Crippen LogP contribution is -2.05. The first-order valence-electron chi connectivity index (χ1n) is 7.73. The van der Waals surface area contributed by atoms with Crippen molar-refractivity contribution in [2.24, 2.45) is 0 Å². The van der Waals surface area contributed by atoms with E-state index in [1.165, 1.54) is 24.3 Å². The highest BCUT2D eigenvalue weighted by molar-refractivity contribution is 5.63. The van der Waals surface area contributed by atoms with Crippen molar-refractivity contribution < 1.29 is 22.0 Å². The Labute approximate surface area is 151 Å². The van der Waals surface area contributed by atoms with Gasteiger partial charge in [0.05, 0.1) is 5.56 Å². The molecule has 0 radical (unpaired) electrons. The fraction of sp³-hybridized carbons (Fsp3) is 0.111. The molecule has 0 bridgehead atoms. The number of alkyl halides is 3. The molecule has 3 aromatic rings. The molecule has 4 nitrogen and oxygen atoms in total. The summed E-state index contributed by atoms with van der Waals surface area (Å²) < 4.78 is 64.1. The van der Waals surface area contributed by atoms with Crippen LogP contribution in [-0.4, -0.2) is 9.97 Å². The first-order valence-corrected chi connectivity index (χ1v) is 7.73. The van der Waals surface area contributed by atoms with E-state index in [9.17, 15) is 22.0 Å². The van der Waals surface area contributed by atoms with Crippen molar-refractivity contribution in [1.29, 1.82) is 0 Å². The van der Waals surface area contributed by atoms with Crippen LogP contribution in [0, 0.1) is 18.6 Å². The summed E-state index contributed by atoms with van der Waals surface area (Å²) in [5.74, 6) is -0.967. The van der Waals surface area contributed by atoms with Crippen molar-refractivity contribution in [2.45, 2.75) is 13.1 Å². The summed E-state index contributed by atoms with van der Waals surface area (Å²) >= 11 is 0. The standard InChI is InChI=1S/C18H13F5N4/c1-10-24-16(26-12-4-2-11(3-5-12)18(21,22)23)9-17(25-10)27-13-6-7-14(19)15(20)8-13/h2-9H,1H3,(H2,24,25,26,27). The fourth-order valence-electron chi connectivity index (χ4n) is 2.31. The largest absolute Gasteiger partial charge is 0.416 e. The molecule has 0 aliphatic heterocycles. The molecular formula is C18H13F5N4. The lowest BCUT2D eigenvalue weighted by atomic mass is 10.2. The molecule has 0 fully saturated rings. The third-order valence-corrected chi connectivity index (χ3v) is 3.51. The Morgan fingerprint density at radius 2 is 1.30 bits per heavy atom. The van der Waals surface area contributed by atoms with Gasteiger partial charge in [-0.25, -0.2) is 18.7 Å². The molecular weight excluding hydrogens is 367 g/mol. The molecule has 0 aliphatic rings. The topological polar surface area (TPSA) is 49.8 Å². The van der Waals surface area contributed by atoms with E-state index < -0.39 is 23.4 Å². The minimum absolute atomic E-state index is 0.285. The molecule has 27 heavy (non-hydrogen) atoms. The van der Waals surface area contributed by atoms with E-state index in [0.29, 0.717) is 23.1 Å². The van der Waals surface area contributed by atoms with Crippen molar-refractivity contribution in [1.82, 2.24) is 9.97 Å². The summed E-state index contributed by atoms with van der Waals surface area (Å²) in [5, 5.41) is 5.70. The quantitative estimate of drug-likeness (QED) is 0.581. The number of anilines is 4. The van der Waals surface area contributed by atoms with Gasteiger partial charge in [-0.2, -0.15) is 13.2 Å². The maximum absolute atomic E-state index is 13.3. The van der Waals surface area contributed by atoms with Gasteiger partial charge in [0.1, 0.15) is 17.5 Å². The third kappa shape index (κ3) is 4.69. The van der Waals surface area contributed by atoms with Crippen LogP contribution in [0.1, 0.15) is 11.4 Å². The van der Waals surface area contributed by atoms with Crippen LogP contribution in [-0.2, 0) is 6.18 Å². The monoisotopic (exact) mass is 380 g/mol. The third-order valence-electron chi connectivity index (χ3n) is 3.51. The maximum atomic E-state index is 13.3. The summed E-state index contributed by atoms with van der Waals surface area (Å²) in [6.45, 7) is 1.62. The van der Waals surface area contributed by atoms with E-state index in [1.54, 1.807) is 6.92 Å². The van der Waals surface area contributed by atoms with Crippen molar-refractivity contribution in [2.75, 3.05) is 10.6 Å². The molecule has 140 valence electrons. The Hall–Kier alpha value is -3.23. The average Bonchev–Trinajstić information content (AvgIpc) is 2.57. The molecule has 1 heterocycles. The van der Waals surface area contributed by atoms with E-state index >= 15 is 0 Å². The van der Waals surface area contributed by atoms with Gasteiger partial charge >= 0.3 is 6.18 Å². The molecule has 0 saturated carbocycles. The predicted molar refractivity (Wildman–Crippen MR) is 91.1 cm³/mol. The Balaban J connectivity index is 1.79. The van der Waals surface area contributed by atoms with Crippen molar-refractivity contribution in [3.05, 3.63) is 71.6 Å². The Morgan fingerprint density at radius 3 is 1.85 bits per heavy atom. The SMILES string of the molecule is Cc1nc(Nc2ccc(C(F)(F)F)cc2)cc(Nc2ccc(F)c(F)c2)n1. The van der Waals surface area contributed by atoms with Gasteiger partial charge in [-0.15, -0.1) is 0 Å². The lowest BCUT2D eigenvalue weighted by Gasteiger charge is -2.11. The Morgan fingerprint density at radius 1 is 0.741 bits per heavy atom. The second-order valence-electron chi connectivity index (χ2n) is 5.64. The van der Waals surface area contributed by atoms with Gasteiger partial charge in [0, 0.05) is 23.5 Å². The molecule has 3 rings (SSSR count). The van der Waals surface area contributed by atoms with Crippen molar-refractivity contribution >= 4 is 23.0 Å². The normalized spacial score (nSPS) is 11.3. The van der Waals surface area contributed by atoms with Crippen LogP contribution < -0.4 is 10.6 Å². The Kier molecular flexibility index (Phi) is 4.93. The fourth-order valence-corrected chi connectivity index (χ4v) is 2.31. The minimum atomic E-state index is -4.41. The number of halogens is 5. The molecule has 0 amide bonds. The summed E-state index contributed by atoms with van der Waals surface area (Å²) in [5.41, 5.74) is -0.0695. The van der Waals surface area contributed by atoms with Gasteiger partial charge in [0.25, 0.3) is 0 Å². The van der Waals surface area contributed by atoms with Gasteiger partial charge in [0.15, 0.2) is 11.6 Å². The number of nitrogens with one attached hydrogen (secondary N) is 2. The van der Waals surface area contributed by atoms with Gasteiger partial charge in [-0.3, -0.25) is 0 Å². The summed E-state index contributed by atoms with van der Waals surface area (Å²) in [7, 11) is 0. The average molecular weight is 380 g/mol. The molecule has 0 aliphatic carbocycles. The van der Waals surface area contributed by atoms with E-state index in [4.69, 9.17) is 0 Å². The molecule has 0 spiro atoms. The van der Waals surface area contributed by atoms with E-state index in [2.05, 4.69) is 20.6 Å². The molecule has 2 N–H and O–H groups in total. The number of rotatable bonds is 4. The van der Waals surface area contributed by atoms with Gasteiger partial charge in [-0.05, 0) is 43.3 Å². The van der Waals surface area contributed by atoms with Crippen LogP contribution in [0.15, 0.2) is 48.5 Å². The number of nitrogens with zero attached hydrogens (tertiary/aromatic N) is 2. The highest BCUT2D eigenvalue weighted by atomic mass is 19.4. The molecule has 0 saturated heterocycles.